The lowest BCUT2D eigenvalue weighted by atomic mass is 10.4. The zero-order chi connectivity index (χ0) is 8.69. The Bertz CT molecular complexity index is 119. The van der Waals surface area contributed by atoms with Gasteiger partial charge in [-0.05, 0) is 6.54 Å². The fourth-order valence-electron chi connectivity index (χ4n) is 0.816. The maximum atomic E-state index is 11.8. The standard InChI is InChI=1S/C7H15FN2S/c1-2-10(6-4-8)5-3-7(9)11/h2-6H2,1H3,(H2,9,11). The highest BCUT2D eigenvalue weighted by Crippen LogP contribution is 1.91. The van der Waals surface area contributed by atoms with Crippen molar-refractivity contribution in [3.63, 3.8) is 0 Å². The number of hydrogen-bond acceptors (Lipinski definition) is 2. The molecule has 0 bridgehead atoms. The van der Waals surface area contributed by atoms with Crippen LogP contribution >= 0.6 is 12.2 Å². The molecule has 0 aromatic rings. The van der Waals surface area contributed by atoms with E-state index in [1.807, 2.05) is 11.8 Å². The SMILES string of the molecule is CCN(CCF)CCC(N)=S. The number of alkyl halides is 1. The fraction of sp³-hybridized carbons (Fsp3) is 0.857. The summed E-state index contributed by atoms with van der Waals surface area (Å²) in [6, 6.07) is 0. The van der Waals surface area contributed by atoms with Gasteiger partial charge in [0.25, 0.3) is 0 Å². The second-order valence-corrected chi connectivity index (χ2v) is 2.86. The number of hydrogen-bond donors (Lipinski definition) is 1. The summed E-state index contributed by atoms with van der Waals surface area (Å²) in [7, 11) is 0. The van der Waals surface area contributed by atoms with Gasteiger partial charge in [-0.1, -0.05) is 19.1 Å². The van der Waals surface area contributed by atoms with E-state index in [4.69, 9.17) is 18.0 Å². The molecule has 0 amide bonds. The lowest BCUT2D eigenvalue weighted by Gasteiger charge is -2.17. The molecule has 0 atom stereocenters. The van der Waals surface area contributed by atoms with E-state index in [9.17, 15) is 4.39 Å². The molecule has 11 heavy (non-hydrogen) atoms. The summed E-state index contributed by atoms with van der Waals surface area (Å²) >= 11 is 4.70. The largest absolute Gasteiger partial charge is 0.393 e. The Balaban J connectivity index is 3.43. The molecule has 0 aliphatic rings. The molecule has 0 aliphatic carbocycles. The van der Waals surface area contributed by atoms with Gasteiger partial charge in [-0.2, -0.15) is 0 Å². The van der Waals surface area contributed by atoms with Gasteiger partial charge in [-0.25, -0.2) is 4.39 Å². The first-order valence-corrected chi connectivity index (χ1v) is 4.18. The number of halogens is 1. The highest BCUT2D eigenvalue weighted by molar-refractivity contribution is 7.80. The maximum Gasteiger partial charge on any atom is 0.102 e. The molecule has 2 nitrogen and oxygen atoms in total. The van der Waals surface area contributed by atoms with Crippen molar-refractivity contribution in [1.82, 2.24) is 4.90 Å². The van der Waals surface area contributed by atoms with Crippen LogP contribution in [0.3, 0.4) is 0 Å². The number of rotatable bonds is 6. The zero-order valence-electron chi connectivity index (χ0n) is 6.85. The van der Waals surface area contributed by atoms with E-state index in [-0.39, 0.29) is 6.67 Å². The minimum Gasteiger partial charge on any atom is -0.393 e. The average molecular weight is 178 g/mol. The van der Waals surface area contributed by atoms with Gasteiger partial charge < -0.3 is 10.6 Å². The van der Waals surface area contributed by atoms with Gasteiger partial charge in [0, 0.05) is 19.5 Å². The Labute approximate surface area is 72.6 Å². The van der Waals surface area contributed by atoms with Gasteiger partial charge >= 0.3 is 0 Å². The fourth-order valence-corrected chi connectivity index (χ4v) is 0.907. The zero-order valence-corrected chi connectivity index (χ0v) is 7.66. The lowest BCUT2D eigenvalue weighted by molar-refractivity contribution is 0.266. The van der Waals surface area contributed by atoms with Gasteiger partial charge in [0.05, 0.1) is 4.99 Å². The van der Waals surface area contributed by atoms with Crippen LogP contribution in [0.4, 0.5) is 4.39 Å². The molecule has 0 heterocycles. The minimum absolute atomic E-state index is 0.300. The molecular formula is C7H15FN2S. The van der Waals surface area contributed by atoms with Gasteiger partial charge in [0.1, 0.15) is 6.67 Å². The summed E-state index contributed by atoms with van der Waals surface area (Å²) in [5.74, 6) is 0. The van der Waals surface area contributed by atoms with Gasteiger partial charge in [-0.3, -0.25) is 0 Å². The third-order valence-corrected chi connectivity index (χ3v) is 1.73. The van der Waals surface area contributed by atoms with E-state index in [0.29, 0.717) is 18.0 Å². The van der Waals surface area contributed by atoms with Crippen LogP contribution in [-0.4, -0.2) is 36.2 Å². The topological polar surface area (TPSA) is 29.3 Å². The smallest absolute Gasteiger partial charge is 0.102 e. The van der Waals surface area contributed by atoms with Crippen molar-refractivity contribution in [3.05, 3.63) is 0 Å². The van der Waals surface area contributed by atoms with Crippen molar-refractivity contribution in [1.29, 1.82) is 0 Å². The van der Waals surface area contributed by atoms with Crippen LogP contribution in [0.15, 0.2) is 0 Å². The number of thiocarbonyl (C=S) groups is 1. The van der Waals surface area contributed by atoms with E-state index in [1.165, 1.54) is 0 Å². The van der Waals surface area contributed by atoms with Crippen LogP contribution in [0.25, 0.3) is 0 Å². The summed E-state index contributed by atoms with van der Waals surface area (Å²) in [5.41, 5.74) is 5.30. The quantitative estimate of drug-likeness (QED) is 0.614. The lowest BCUT2D eigenvalue weighted by Crippen LogP contribution is -2.29. The Morgan fingerprint density at radius 2 is 2.18 bits per heavy atom. The average Bonchev–Trinajstić information content (AvgIpc) is 1.97. The number of nitrogens with zero attached hydrogens (tertiary/aromatic N) is 1. The minimum atomic E-state index is -0.300. The van der Waals surface area contributed by atoms with Crippen molar-refractivity contribution >= 4 is 17.2 Å². The molecule has 0 fully saturated rings. The van der Waals surface area contributed by atoms with Crippen LogP contribution in [-0.2, 0) is 0 Å². The summed E-state index contributed by atoms with van der Waals surface area (Å²) in [5, 5.41) is 0. The van der Waals surface area contributed by atoms with E-state index in [0.717, 1.165) is 13.1 Å². The van der Waals surface area contributed by atoms with Crippen LogP contribution in [0, 0.1) is 0 Å². The Morgan fingerprint density at radius 3 is 2.55 bits per heavy atom. The maximum absolute atomic E-state index is 11.8. The predicted molar refractivity (Wildman–Crippen MR) is 49.5 cm³/mol. The van der Waals surface area contributed by atoms with Crippen molar-refractivity contribution < 1.29 is 4.39 Å². The third-order valence-electron chi connectivity index (χ3n) is 1.52. The van der Waals surface area contributed by atoms with Crippen LogP contribution in [0.5, 0.6) is 0 Å². The Morgan fingerprint density at radius 1 is 1.55 bits per heavy atom. The van der Waals surface area contributed by atoms with Crippen molar-refractivity contribution in [2.45, 2.75) is 13.3 Å². The van der Waals surface area contributed by atoms with E-state index in [1.54, 1.807) is 0 Å². The normalized spacial score (nSPS) is 10.5. The first-order valence-electron chi connectivity index (χ1n) is 3.77. The second kappa shape index (κ2) is 6.49. The molecule has 0 rings (SSSR count). The highest BCUT2D eigenvalue weighted by Gasteiger charge is 2.01. The van der Waals surface area contributed by atoms with Gasteiger partial charge in [0.15, 0.2) is 0 Å². The molecular weight excluding hydrogens is 163 g/mol. The molecule has 0 aromatic heterocycles. The molecule has 0 saturated carbocycles. The molecule has 0 aromatic carbocycles. The molecule has 0 radical (unpaired) electrons. The molecule has 4 heteroatoms. The molecule has 0 aliphatic heterocycles. The third kappa shape index (κ3) is 6.19. The Kier molecular flexibility index (Phi) is 6.36. The molecule has 0 saturated heterocycles. The van der Waals surface area contributed by atoms with Crippen LogP contribution in [0.2, 0.25) is 0 Å². The first-order chi connectivity index (χ1) is 5.20. The van der Waals surface area contributed by atoms with Gasteiger partial charge in [0.2, 0.25) is 0 Å². The molecule has 66 valence electrons. The van der Waals surface area contributed by atoms with Gasteiger partial charge in [-0.15, -0.1) is 0 Å². The summed E-state index contributed by atoms with van der Waals surface area (Å²) in [6.45, 7) is 3.81. The highest BCUT2D eigenvalue weighted by atomic mass is 32.1. The van der Waals surface area contributed by atoms with Crippen molar-refractivity contribution in [3.8, 4) is 0 Å². The Hall–Kier alpha value is -0.220. The monoisotopic (exact) mass is 178 g/mol. The summed E-state index contributed by atoms with van der Waals surface area (Å²) in [6.07, 6.45) is 0.684. The number of nitrogens with two attached hydrogens (primary N) is 1. The summed E-state index contributed by atoms with van der Waals surface area (Å²) < 4.78 is 11.8. The van der Waals surface area contributed by atoms with Crippen molar-refractivity contribution in [2.75, 3.05) is 26.3 Å². The van der Waals surface area contributed by atoms with Crippen LogP contribution < -0.4 is 5.73 Å². The molecule has 0 unspecified atom stereocenters. The first kappa shape index (κ1) is 10.8. The predicted octanol–water partition coefficient (Wildman–Crippen LogP) is 0.954. The molecule has 0 spiro atoms. The molecule has 2 N–H and O–H groups in total. The van der Waals surface area contributed by atoms with E-state index in [2.05, 4.69) is 0 Å². The second-order valence-electron chi connectivity index (χ2n) is 2.34. The van der Waals surface area contributed by atoms with Crippen LogP contribution in [0.1, 0.15) is 13.3 Å². The summed E-state index contributed by atoms with van der Waals surface area (Å²) in [4.78, 5) is 2.49. The van der Waals surface area contributed by atoms with E-state index < -0.39 is 0 Å². The van der Waals surface area contributed by atoms with Crippen molar-refractivity contribution in [2.24, 2.45) is 5.73 Å². The van der Waals surface area contributed by atoms with E-state index >= 15 is 0 Å².